The van der Waals surface area contributed by atoms with Gasteiger partial charge in [-0.3, -0.25) is 9.59 Å². The highest BCUT2D eigenvalue weighted by atomic mass is 32.1. The predicted molar refractivity (Wildman–Crippen MR) is 111 cm³/mol. The first kappa shape index (κ1) is 17.9. The second kappa shape index (κ2) is 8.06. The highest BCUT2D eigenvalue weighted by molar-refractivity contribution is 7.08. The smallest absolute Gasteiger partial charge is 0.252 e. The number of thiophene rings is 1. The molecule has 28 heavy (non-hydrogen) atoms. The number of anilines is 1. The van der Waals surface area contributed by atoms with E-state index in [1.807, 2.05) is 53.9 Å². The van der Waals surface area contributed by atoms with Gasteiger partial charge in [0, 0.05) is 29.5 Å². The van der Waals surface area contributed by atoms with E-state index in [9.17, 15) is 9.59 Å². The molecule has 0 aliphatic heterocycles. The van der Waals surface area contributed by atoms with Gasteiger partial charge in [-0.15, -0.1) is 0 Å². The van der Waals surface area contributed by atoms with E-state index in [-0.39, 0.29) is 24.8 Å². The first-order valence-corrected chi connectivity index (χ1v) is 9.79. The van der Waals surface area contributed by atoms with E-state index in [1.165, 1.54) is 11.3 Å². The Bertz CT molecular complexity index is 1090. The van der Waals surface area contributed by atoms with Gasteiger partial charge in [0.2, 0.25) is 5.91 Å². The van der Waals surface area contributed by atoms with E-state index in [4.69, 9.17) is 0 Å². The standard InChI is InChI=1S/C21H18N4O2S/c26-19(9-11-22-21(27)14-10-12-28-13-14)23-16-6-2-1-5-15(16)20-24-17-7-3-4-8-18(17)25-20/h1-8,10,12-13H,9,11H2,(H,22,27)(H,23,26)(H,24,25). The van der Waals surface area contributed by atoms with Crippen molar-refractivity contribution in [3.63, 3.8) is 0 Å². The predicted octanol–water partition coefficient (Wildman–Crippen LogP) is 4.05. The van der Waals surface area contributed by atoms with Crippen molar-refractivity contribution in [3.05, 3.63) is 70.9 Å². The van der Waals surface area contributed by atoms with Crippen molar-refractivity contribution in [2.24, 2.45) is 0 Å². The van der Waals surface area contributed by atoms with Crippen LogP contribution in [0.3, 0.4) is 0 Å². The van der Waals surface area contributed by atoms with Gasteiger partial charge in [-0.25, -0.2) is 4.98 Å². The van der Waals surface area contributed by atoms with Crippen LogP contribution in [0.5, 0.6) is 0 Å². The highest BCUT2D eigenvalue weighted by Gasteiger charge is 2.12. The summed E-state index contributed by atoms with van der Waals surface area (Å²) >= 11 is 1.46. The fourth-order valence-electron chi connectivity index (χ4n) is 2.88. The van der Waals surface area contributed by atoms with Gasteiger partial charge in [-0.2, -0.15) is 11.3 Å². The molecule has 0 saturated heterocycles. The van der Waals surface area contributed by atoms with E-state index < -0.39 is 0 Å². The molecule has 0 radical (unpaired) electrons. The van der Waals surface area contributed by atoms with Crippen molar-refractivity contribution in [3.8, 4) is 11.4 Å². The zero-order valence-electron chi connectivity index (χ0n) is 14.9. The molecule has 2 aromatic carbocycles. The molecule has 2 aromatic heterocycles. The number of hydrogen-bond donors (Lipinski definition) is 3. The molecule has 0 saturated carbocycles. The lowest BCUT2D eigenvalue weighted by Crippen LogP contribution is -2.27. The van der Waals surface area contributed by atoms with Gasteiger partial charge in [-0.1, -0.05) is 24.3 Å². The molecule has 0 unspecified atom stereocenters. The number of H-pyrrole nitrogens is 1. The van der Waals surface area contributed by atoms with Gasteiger partial charge in [0.25, 0.3) is 5.91 Å². The summed E-state index contributed by atoms with van der Waals surface area (Å²) in [4.78, 5) is 32.1. The second-order valence-electron chi connectivity index (χ2n) is 6.21. The van der Waals surface area contributed by atoms with E-state index in [0.717, 1.165) is 16.6 Å². The Morgan fingerprint density at radius 1 is 1.04 bits per heavy atom. The number of carbonyl (C=O) groups excluding carboxylic acids is 2. The molecule has 140 valence electrons. The average molecular weight is 390 g/mol. The molecule has 6 nitrogen and oxygen atoms in total. The van der Waals surface area contributed by atoms with Crippen molar-refractivity contribution < 1.29 is 9.59 Å². The van der Waals surface area contributed by atoms with Crippen LogP contribution in [0.25, 0.3) is 22.4 Å². The molecule has 4 aromatic rings. The van der Waals surface area contributed by atoms with Gasteiger partial charge >= 0.3 is 0 Å². The van der Waals surface area contributed by atoms with Crippen LogP contribution >= 0.6 is 11.3 Å². The van der Waals surface area contributed by atoms with Crippen LogP contribution in [0.4, 0.5) is 5.69 Å². The number of nitrogens with one attached hydrogen (secondary N) is 3. The van der Waals surface area contributed by atoms with Gasteiger partial charge < -0.3 is 15.6 Å². The molecule has 0 fully saturated rings. The lowest BCUT2D eigenvalue weighted by molar-refractivity contribution is -0.116. The lowest BCUT2D eigenvalue weighted by Gasteiger charge is -2.10. The Hall–Kier alpha value is -3.45. The van der Waals surface area contributed by atoms with Gasteiger partial charge in [0.05, 0.1) is 16.7 Å². The van der Waals surface area contributed by atoms with Crippen LogP contribution in [-0.4, -0.2) is 28.3 Å². The highest BCUT2D eigenvalue weighted by Crippen LogP contribution is 2.27. The zero-order chi connectivity index (χ0) is 19.3. The third-order valence-electron chi connectivity index (χ3n) is 4.27. The number of imidazole rings is 1. The normalized spacial score (nSPS) is 10.7. The number of carbonyl (C=O) groups is 2. The second-order valence-corrected chi connectivity index (χ2v) is 6.99. The molecule has 7 heteroatoms. The summed E-state index contributed by atoms with van der Waals surface area (Å²) in [6.45, 7) is 0.271. The minimum absolute atomic E-state index is 0.170. The fourth-order valence-corrected chi connectivity index (χ4v) is 3.51. The van der Waals surface area contributed by atoms with Crippen LogP contribution in [0, 0.1) is 0 Å². The molecule has 2 amide bonds. The van der Waals surface area contributed by atoms with Crippen LogP contribution in [-0.2, 0) is 4.79 Å². The number of benzene rings is 2. The number of aromatic amines is 1. The van der Waals surface area contributed by atoms with E-state index >= 15 is 0 Å². The molecule has 0 atom stereocenters. The Balaban J connectivity index is 1.42. The van der Waals surface area contributed by atoms with Gasteiger partial charge in [0.1, 0.15) is 5.82 Å². The largest absolute Gasteiger partial charge is 0.351 e. The van der Waals surface area contributed by atoms with Crippen molar-refractivity contribution in [1.29, 1.82) is 0 Å². The Kier molecular flexibility index (Phi) is 5.16. The van der Waals surface area contributed by atoms with Gasteiger partial charge in [0.15, 0.2) is 0 Å². The summed E-state index contributed by atoms with van der Waals surface area (Å²) in [7, 11) is 0. The van der Waals surface area contributed by atoms with E-state index in [0.29, 0.717) is 17.1 Å². The molecule has 0 bridgehead atoms. The number of aromatic nitrogens is 2. The molecule has 0 spiro atoms. The number of rotatable bonds is 6. The topological polar surface area (TPSA) is 86.9 Å². The monoisotopic (exact) mass is 390 g/mol. The minimum Gasteiger partial charge on any atom is -0.351 e. The first-order valence-electron chi connectivity index (χ1n) is 8.85. The molecular weight excluding hydrogens is 372 g/mol. The maximum Gasteiger partial charge on any atom is 0.252 e. The van der Waals surface area contributed by atoms with Crippen LogP contribution < -0.4 is 10.6 Å². The molecule has 0 aliphatic carbocycles. The summed E-state index contributed by atoms with van der Waals surface area (Å²) in [5.74, 6) is 0.355. The summed E-state index contributed by atoms with van der Waals surface area (Å²) in [5, 5.41) is 9.29. The van der Waals surface area contributed by atoms with Crippen LogP contribution in [0.2, 0.25) is 0 Å². The number of amides is 2. The maximum atomic E-state index is 12.3. The number of nitrogens with zero attached hydrogens (tertiary/aromatic N) is 1. The maximum absolute atomic E-state index is 12.3. The Labute approximate surface area is 165 Å². The first-order chi connectivity index (χ1) is 13.7. The summed E-state index contributed by atoms with van der Waals surface area (Å²) < 4.78 is 0. The Morgan fingerprint density at radius 2 is 1.86 bits per heavy atom. The zero-order valence-corrected chi connectivity index (χ0v) is 15.8. The number of fused-ring (bicyclic) bond motifs is 1. The quantitative estimate of drug-likeness (QED) is 0.464. The van der Waals surface area contributed by atoms with Crippen LogP contribution in [0.15, 0.2) is 65.4 Å². The number of hydrogen-bond acceptors (Lipinski definition) is 4. The lowest BCUT2D eigenvalue weighted by atomic mass is 10.1. The molecular formula is C21H18N4O2S. The third kappa shape index (κ3) is 3.94. The molecule has 3 N–H and O–H groups in total. The summed E-state index contributed by atoms with van der Waals surface area (Å²) in [6.07, 6.45) is 0.185. The fraction of sp³-hybridized carbons (Fsp3) is 0.0952. The van der Waals surface area contributed by atoms with E-state index in [2.05, 4.69) is 20.6 Å². The average Bonchev–Trinajstić information content (AvgIpc) is 3.38. The van der Waals surface area contributed by atoms with E-state index in [1.54, 1.807) is 11.4 Å². The summed E-state index contributed by atoms with van der Waals surface area (Å²) in [5.41, 5.74) is 3.91. The van der Waals surface area contributed by atoms with Crippen LogP contribution in [0.1, 0.15) is 16.8 Å². The summed E-state index contributed by atoms with van der Waals surface area (Å²) in [6, 6.07) is 17.0. The van der Waals surface area contributed by atoms with Crippen molar-refractivity contribution in [1.82, 2.24) is 15.3 Å². The molecule has 2 heterocycles. The van der Waals surface area contributed by atoms with Gasteiger partial charge in [-0.05, 0) is 35.7 Å². The Morgan fingerprint density at radius 3 is 2.68 bits per heavy atom. The minimum atomic E-state index is -0.172. The van der Waals surface area contributed by atoms with Crippen molar-refractivity contribution in [2.75, 3.05) is 11.9 Å². The van der Waals surface area contributed by atoms with Crippen molar-refractivity contribution in [2.45, 2.75) is 6.42 Å². The number of para-hydroxylation sites is 3. The SMILES string of the molecule is O=C(CCNC(=O)c1ccsc1)Nc1ccccc1-c1nc2ccccc2[nH]1. The molecule has 0 aliphatic rings. The van der Waals surface area contributed by atoms with Crippen molar-refractivity contribution >= 4 is 39.9 Å². The third-order valence-corrected chi connectivity index (χ3v) is 4.95. The molecule has 4 rings (SSSR count).